The van der Waals surface area contributed by atoms with Crippen molar-refractivity contribution in [1.29, 1.82) is 0 Å². The van der Waals surface area contributed by atoms with Gasteiger partial charge >= 0.3 is 4.87 Å². The highest BCUT2D eigenvalue weighted by molar-refractivity contribution is 7.09. The van der Waals surface area contributed by atoms with Crippen molar-refractivity contribution in [2.75, 3.05) is 6.61 Å². The van der Waals surface area contributed by atoms with E-state index >= 15 is 0 Å². The van der Waals surface area contributed by atoms with E-state index < -0.39 is 0 Å². The third-order valence-corrected chi connectivity index (χ3v) is 5.41. The second kappa shape index (κ2) is 6.76. The van der Waals surface area contributed by atoms with Gasteiger partial charge in [0.2, 0.25) is 5.88 Å². The molecule has 25 heavy (non-hydrogen) atoms. The van der Waals surface area contributed by atoms with Gasteiger partial charge in [0.1, 0.15) is 5.75 Å². The van der Waals surface area contributed by atoms with Crippen LogP contribution in [0.25, 0.3) is 0 Å². The Morgan fingerprint density at radius 1 is 1.16 bits per heavy atom. The molecule has 0 spiro atoms. The summed E-state index contributed by atoms with van der Waals surface area (Å²) in [5.74, 6) is 1.38. The van der Waals surface area contributed by atoms with Crippen molar-refractivity contribution in [1.82, 2.24) is 4.98 Å². The summed E-state index contributed by atoms with van der Waals surface area (Å²) in [5.41, 5.74) is 3.61. The van der Waals surface area contributed by atoms with Crippen molar-refractivity contribution in [3.63, 3.8) is 0 Å². The number of fused-ring (bicyclic) bond motifs is 1. The van der Waals surface area contributed by atoms with Gasteiger partial charge in [-0.1, -0.05) is 53.8 Å². The monoisotopic (exact) mass is 353 g/mol. The fourth-order valence-corrected chi connectivity index (χ4v) is 4.11. The highest BCUT2D eigenvalue weighted by atomic mass is 32.1. The third-order valence-electron chi connectivity index (χ3n) is 4.54. The quantitative estimate of drug-likeness (QED) is 0.754. The Bertz CT molecular complexity index is 930. The predicted octanol–water partition coefficient (Wildman–Crippen LogP) is 3.53. The first-order valence-corrected chi connectivity index (χ1v) is 9.18. The maximum absolute atomic E-state index is 11.3. The van der Waals surface area contributed by atoms with E-state index in [1.165, 1.54) is 11.1 Å². The van der Waals surface area contributed by atoms with E-state index in [9.17, 15) is 9.90 Å². The van der Waals surface area contributed by atoms with Gasteiger partial charge in [-0.05, 0) is 35.6 Å². The van der Waals surface area contributed by atoms with Gasteiger partial charge in [0.05, 0.1) is 11.5 Å². The van der Waals surface area contributed by atoms with Crippen LogP contribution in [0.2, 0.25) is 0 Å². The Morgan fingerprint density at radius 3 is 2.76 bits per heavy atom. The lowest BCUT2D eigenvalue weighted by Gasteiger charge is -2.26. The second-order valence-electron chi connectivity index (χ2n) is 6.48. The van der Waals surface area contributed by atoms with Gasteiger partial charge in [0, 0.05) is 12.3 Å². The van der Waals surface area contributed by atoms with Crippen LogP contribution in [0.15, 0.2) is 53.3 Å². The van der Waals surface area contributed by atoms with E-state index in [0.717, 1.165) is 42.1 Å². The molecule has 1 unspecified atom stereocenters. The molecule has 4 nitrogen and oxygen atoms in total. The summed E-state index contributed by atoms with van der Waals surface area (Å²) in [7, 11) is 0. The highest BCUT2D eigenvalue weighted by Gasteiger charge is 2.21. The van der Waals surface area contributed by atoms with Crippen LogP contribution in [-0.2, 0) is 19.3 Å². The number of hydrogen-bond donors (Lipinski definition) is 2. The van der Waals surface area contributed by atoms with Crippen LogP contribution in [0.5, 0.6) is 11.6 Å². The minimum atomic E-state index is -0.225. The first kappa shape index (κ1) is 16.0. The van der Waals surface area contributed by atoms with Gasteiger partial charge < -0.3 is 9.84 Å². The Hall–Kier alpha value is -2.53. The molecule has 0 fully saturated rings. The minimum Gasteiger partial charge on any atom is -0.494 e. The van der Waals surface area contributed by atoms with Crippen LogP contribution >= 0.6 is 11.3 Å². The molecule has 1 atom stereocenters. The number of ether oxygens (including phenoxy) is 1. The summed E-state index contributed by atoms with van der Waals surface area (Å²) in [6, 6.07) is 16.6. The van der Waals surface area contributed by atoms with E-state index in [-0.39, 0.29) is 10.8 Å². The number of aromatic amines is 1. The number of hydrogen-bond acceptors (Lipinski definition) is 4. The highest BCUT2D eigenvalue weighted by Crippen LogP contribution is 2.31. The molecule has 0 saturated heterocycles. The van der Waals surface area contributed by atoms with Crippen molar-refractivity contribution >= 4 is 11.3 Å². The number of rotatable bonds is 4. The molecule has 4 rings (SSSR count). The number of benzene rings is 2. The molecular weight excluding hydrogens is 334 g/mol. The predicted molar refractivity (Wildman–Crippen MR) is 98.7 cm³/mol. The molecule has 2 N–H and O–H groups in total. The molecule has 0 radical (unpaired) electrons. The van der Waals surface area contributed by atoms with Crippen LogP contribution < -0.4 is 9.61 Å². The molecule has 2 aromatic carbocycles. The molecule has 128 valence electrons. The van der Waals surface area contributed by atoms with Gasteiger partial charge in [0.15, 0.2) is 0 Å². The number of thiazole rings is 1. The van der Waals surface area contributed by atoms with Crippen molar-refractivity contribution in [3.8, 4) is 11.6 Å². The molecule has 5 heteroatoms. The normalized spacial score (nSPS) is 16.2. The SMILES string of the molecule is O=c1[nH]c(O)c(Cc2ccc3c(c2)CC(Cc2ccccc2)CO3)s1. The van der Waals surface area contributed by atoms with Gasteiger partial charge in [0.25, 0.3) is 0 Å². The second-order valence-corrected chi connectivity index (χ2v) is 7.54. The van der Waals surface area contributed by atoms with Crippen LogP contribution in [0.4, 0.5) is 0 Å². The fourth-order valence-electron chi connectivity index (χ4n) is 3.36. The average Bonchev–Trinajstić information content (AvgIpc) is 2.93. The molecule has 1 aromatic heterocycles. The Kier molecular flexibility index (Phi) is 4.32. The Balaban J connectivity index is 1.51. The van der Waals surface area contributed by atoms with Crippen molar-refractivity contribution in [2.24, 2.45) is 5.92 Å². The first-order valence-electron chi connectivity index (χ1n) is 8.37. The number of H-pyrrole nitrogens is 1. The lowest BCUT2D eigenvalue weighted by atomic mass is 9.90. The molecule has 3 aromatic rings. The van der Waals surface area contributed by atoms with E-state index in [2.05, 4.69) is 35.3 Å². The summed E-state index contributed by atoms with van der Waals surface area (Å²) in [6.45, 7) is 0.738. The third kappa shape index (κ3) is 3.61. The molecule has 0 aliphatic carbocycles. The molecule has 2 heterocycles. The average molecular weight is 353 g/mol. The molecule has 1 aliphatic heterocycles. The summed E-state index contributed by atoms with van der Waals surface area (Å²) < 4.78 is 5.94. The standard InChI is InChI=1S/C20H19NO3S/c22-19-18(25-20(23)21-19)11-14-6-7-17-16(9-14)10-15(12-24-17)8-13-4-2-1-3-5-13/h1-7,9,15,22H,8,10-12H2,(H,21,23). The fraction of sp³-hybridized carbons (Fsp3) is 0.250. The summed E-state index contributed by atoms with van der Waals surface area (Å²) in [4.78, 5) is 14.2. The Morgan fingerprint density at radius 2 is 2.00 bits per heavy atom. The van der Waals surface area contributed by atoms with Crippen LogP contribution in [-0.4, -0.2) is 16.7 Å². The smallest absolute Gasteiger partial charge is 0.307 e. The number of nitrogens with one attached hydrogen (secondary N) is 1. The zero-order valence-corrected chi connectivity index (χ0v) is 14.5. The van der Waals surface area contributed by atoms with Gasteiger partial charge in [-0.3, -0.25) is 9.78 Å². The largest absolute Gasteiger partial charge is 0.494 e. The van der Waals surface area contributed by atoms with Crippen molar-refractivity contribution in [2.45, 2.75) is 19.3 Å². The maximum Gasteiger partial charge on any atom is 0.307 e. The topological polar surface area (TPSA) is 62.3 Å². The van der Waals surface area contributed by atoms with Gasteiger partial charge in [-0.2, -0.15) is 0 Å². The van der Waals surface area contributed by atoms with Gasteiger partial charge in [-0.15, -0.1) is 0 Å². The van der Waals surface area contributed by atoms with E-state index in [1.54, 1.807) is 0 Å². The maximum atomic E-state index is 11.3. The van der Waals surface area contributed by atoms with Crippen molar-refractivity contribution in [3.05, 3.63) is 79.8 Å². The lowest BCUT2D eigenvalue weighted by Crippen LogP contribution is -2.23. The van der Waals surface area contributed by atoms with Crippen LogP contribution in [0.3, 0.4) is 0 Å². The number of aromatic hydroxyl groups is 1. The van der Waals surface area contributed by atoms with E-state index in [4.69, 9.17) is 4.74 Å². The van der Waals surface area contributed by atoms with Crippen LogP contribution in [0.1, 0.15) is 21.6 Å². The van der Waals surface area contributed by atoms with Gasteiger partial charge in [-0.25, -0.2) is 0 Å². The zero-order valence-electron chi connectivity index (χ0n) is 13.7. The van der Waals surface area contributed by atoms with Crippen LogP contribution in [0, 0.1) is 5.92 Å². The summed E-state index contributed by atoms with van der Waals surface area (Å²) in [6.07, 6.45) is 2.53. The molecule has 1 aliphatic rings. The minimum absolute atomic E-state index is 0.0223. The Labute approximate surface area is 149 Å². The summed E-state index contributed by atoms with van der Waals surface area (Å²) >= 11 is 1.06. The van der Waals surface area contributed by atoms with E-state index in [0.29, 0.717) is 17.2 Å². The molecule has 0 saturated carbocycles. The number of aromatic nitrogens is 1. The lowest BCUT2D eigenvalue weighted by molar-refractivity contribution is 0.221. The molecule has 0 amide bonds. The van der Waals surface area contributed by atoms with Crippen molar-refractivity contribution < 1.29 is 9.84 Å². The summed E-state index contributed by atoms with van der Waals surface area (Å²) in [5, 5.41) is 9.77. The molecule has 0 bridgehead atoms. The molecular formula is C20H19NO3S. The van der Waals surface area contributed by atoms with E-state index in [1.807, 2.05) is 18.2 Å². The zero-order chi connectivity index (χ0) is 17.2. The first-order chi connectivity index (χ1) is 12.2.